The van der Waals surface area contributed by atoms with Gasteiger partial charge >= 0.3 is 12.1 Å². The van der Waals surface area contributed by atoms with E-state index in [0.717, 1.165) is 11.3 Å². The lowest BCUT2D eigenvalue weighted by molar-refractivity contribution is -0.161. The topological polar surface area (TPSA) is 201 Å². The molecule has 0 unspecified atom stereocenters. The molecule has 0 spiro atoms. The minimum atomic E-state index is -1.76. The molecule has 0 radical (unpaired) electrons. The number of aromatic nitrogens is 1. The lowest BCUT2D eigenvalue weighted by atomic mass is 9.98. The number of nitrogens with one attached hydrogen (secondary N) is 4. The summed E-state index contributed by atoms with van der Waals surface area (Å²) in [5.41, 5.74) is -2.91. The number of ether oxygens (including phenoxy) is 1. The summed E-state index contributed by atoms with van der Waals surface area (Å²) in [4.78, 5) is 57.6. The van der Waals surface area contributed by atoms with E-state index in [2.05, 4.69) is 31.4 Å². The molecule has 6 N–H and O–H groups in total. The normalized spacial score (nSPS) is 18.2. The van der Waals surface area contributed by atoms with Crippen LogP contribution in [-0.2, 0) is 24.0 Å². The van der Waals surface area contributed by atoms with Gasteiger partial charge in [-0.2, -0.15) is 0 Å². The average Bonchev–Trinajstić information content (AvgIpc) is 3.17. The van der Waals surface area contributed by atoms with Crippen LogP contribution in [0, 0.1) is 0 Å². The molecule has 1 aromatic rings. The van der Waals surface area contributed by atoms with E-state index in [9.17, 15) is 24.3 Å². The summed E-state index contributed by atoms with van der Waals surface area (Å²) < 4.78 is 5.17. The van der Waals surface area contributed by atoms with Gasteiger partial charge in [-0.25, -0.2) is 14.6 Å². The number of carboxylic acid groups (broad SMARTS) is 1. The number of thiazole rings is 1. The van der Waals surface area contributed by atoms with Crippen molar-refractivity contribution in [3.63, 3.8) is 0 Å². The van der Waals surface area contributed by atoms with E-state index in [0.29, 0.717) is 13.1 Å². The second kappa shape index (κ2) is 11.4. The molecule has 1 aromatic heterocycles. The maximum atomic E-state index is 13.0. The minimum Gasteiger partial charge on any atom is -0.478 e. The first-order valence-corrected chi connectivity index (χ1v) is 11.5. The smallest absolute Gasteiger partial charge is 0.413 e. The zero-order valence-electron chi connectivity index (χ0n) is 20.0. The first-order chi connectivity index (χ1) is 16.2. The number of amides is 3. The first kappa shape index (κ1) is 27.9. The van der Waals surface area contributed by atoms with Crippen molar-refractivity contribution >= 4 is 46.1 Å². The van der Waals surface area contributed by atoms with Gasteiger partial charge in [-0.1, -0.05) is 5.16 Å². The van der Waals surface area contributed by atoms with Crippen molar-refractivity contribution in [1.29, 1.82) is 0 Å². The van der Waals surface area contributed by atoms with Crippen molar-refractivity contribution in [1.82, 2.24) is 20.9 Å². The standard InChI is InChI=1S/C20H30N6O8S/c1-19(2,3)33-18(32)25-17-23-11(9-35-17)13(26-34-20(4,5)16(30)31)15(29)24-12-10(22-14(12)28)8-21-6-7-27/h9-10,12,21,27H,6-8H2,1-5H3,(H,22,28)(H,24,29)(H,30,31)(H,23,25,32)/t10-,12-/m0/s1. The number of aliphatic hydroxyl groups excluding tert-OH is 1. The van der Waals surface area contributed by atoms with Crippen LogP contribution in [0.3, 0.4) is 0 Å². The van der Waals surface area contributed by atoms with Crippen LogP contribution in [0.4, 0.5) is 9.93 Å². The third kappa shape index (κ3) is 8.15. The highest BCUT2D eigenvalue weighted by molar-refractivity contribution is 7.14. The predicted octanol–water partition coefficient (Wildman–Crippen LogP) is -0.361. The van der Waals surface area contributed by atoms with Crippen LogP contribution in [0.1, 0.15) is 40.3 Å². The Kier molecular flexibility index (Phi) is 9.12. The maximum Gasteiger partial charge on any atom is 0.413 e. The Morgan fingerprint density at radius 3 is 2.51 bits per heavy atom. The number of nitrogens with zero attached hydrogens (tertiary/aromatic N) is 2. The van der Waals surface area contributed by atoms with Gasteiger partial charge in [0, 0.05) is 18.5 Å². The second-order valence-electron chi connectivity index (χ2n) is 9.01. The van der Waals surface area contributed by atoms with Crippen LogP contribution >= 0.6 is 11.3 Å². The van der Waals surface area contributed by atoms with E-state index < -0.39 is 52.9 Å². The number of β-lactam (4-membered cyclic amide) rings is 1. The van der Waals surface area contributed by atoms with E-state index in [1.807, 2.05) is 0 Å². The van der Waals surface area contributed by atoms with Gasteiger partial charge in [0.2, 0.25) is 11.5 Å². The van der Waals surface area contributed by atoms with Crippen molar-refractivity contribution in [3.8, 4) is 0 Å². The summed E-state index contributed by atoms with van der Waals surface area (Å²) in [6, 6.07) is -1.33. The maximum absolute atomic E-state index is 13.0. The number of carbonyl (C=O) groups excluding carboxylic acids is 3. The van der Waals surface area contributed by atoms with Gasteiger partial charge in [0.1, 0.15) is 17.3 Å². The van der Waals surface area contributed by atoms with Crippen molar-refractivity contribution < 1.29 is 39.0 Å². The molecule has 14 nitrogen and oxygen atoms in total. The highest BCUT2D eigenvalue weighted by Gasteiger charge is 2.41. The summed E-state index contributed by atoms with van der Waals surface area (Å²) in [6.07, 6.45) is -0.756. The molecule has 2 heterocycles. The summed E-state index contributed by atoms with van der Waals surface area (Å²) in [5, 5.41) is 33.9. The molecule has 1 aliphatic rings. The van der Waals surface area contributed by atoms with Crippen LogP contribution in [-0.4, -0.2) is 87.8 Å². The molecule has 1 aliphatic heterocycles. The quantitative estimate of drug-likeness (QED) is 0.0980. The molecule has 1 fully saturated rings. The second-order valence-corrected chi connectivity index (χ2v) is 9.86. The average molecular weight is 515 g/mol. The molecule has 15 heteroatoms. The van der Waals surface area contributed by atoms with Gasteiger partial charge in [-0.3, -0.25) is 14.9 Å². The van der Waals surface area contributed by atoms with Gasteiger partial charge in [0.25, 0.3) is 5.91 Å². The van der Waals surface area contributed by atoms with Gasteiger partial charge in [-0.15, -0.1) is 11.3 Å². The Hall–Kier alpha value is -3.30. The van der Waals surface area contributed by atoms with Crippen LogP contribution in [0.15, 0.2) is 10.5 Å². The Balaban J connectivity index is 2.22. The Labute approximate surface area is 205 Å². The molecular weight excluding hydrogens is 484 g/mol. The van der Waals surface area contributed by atoms with Crippen molar-refractivity contribution in [2.24, 2.45) is 5.16 Å². The van der Waals surface area contributed by atoms with Crippen LogP contribution < -0.4 is 21.3 Å². The fourth-order valence-corrected chi connectivity index (χ4v) is 3.24. The summed E-state index contributed by atoms with van der Waals surface area (Å²) in [5.74, 6) is -2.59. The highest BCUT2D eigenvalue weighted by atomic mass is 32.1. The predicted molar refractivity (Wildman–Crippen MR) is 125 cm³/mol. The molecular formula is C20H30N6O8S. The molecule has 0 saturated carbocycles. The van der Waals surface area contributed by atoms with Gasteiger partial charge < -0.3 is 35.7 Å². The number of oxime groups is 1. The molecule has 0 aliphatic carbocycles. The number of anilines is 1. The van der Waals surface area contributed by atoms with Crippen LogP contribution in [0.25, 0.3) is 0 Å². The number of carboxylic acids is 1. The zero-order chi connectivity index (χ0) is 26.4. The Morgan fingerprint density at radius 1 is 1.26 bits per heavy atom. The first-order valence-electron chi connectivity index (χ1n) is 10.6. The molecule has 3 amide bonds. The molecule has 2 rings (SSSR count). The Morgan fingerprint density at radius 2 is 1.94 bits per heavy atom. The fraction of sp³-hybridized carbons (Fsp3) is 0.600. The molecule has 2 atom stereocenters. The lowest BCUT2D eigenvalue weighted by Gasteiger charge is -2.37. The molecule has 0 aromatic carbocycles. The number of aliphatic carboxylic acids is 1. The minimum absolute atomic E-state index is 0.0190. The van der Waals surface area contributed by atoms with Crippen molar-refractivity contribution in [2.75, 3.05) is 25.0 Å². The monoisotopic (exact) mass is 514 g/mol. The summed E-state index contributed by atoms with van der Waals surface area (Å²) in [6.45, 7) is 8.09. The molecule has 194 valence electrons. The van der Waals surface area contributed by atoms with E-state index in [-0.39, 0.29) is 17.4 Å². The van der Waals surface area contributed by atoms with Crippen LogP contribution in [0.2, 0.25) is 0 Å². The van der Waals surface area contributed by atoms with Crippen LogP contribution in [0.5, 0.6) is 0 Å². The number of hydrogen-bond acceptors (Lipinski definition) is 11. The lowest BCUT2D eigenvalue weighted by Crippen LogP contribution is -2.72. The molecule has 0 bridgehead atoms. The number of rotatable bonds is 11. The highest BCUT2D eigenvalue weighted by Crippen LogP contribution is 2.19. The third-order valence-electron chi connectivity index (χ3n) is 4.40. The number of hydrogen-bond donors (Lipinski definition) is 6. The molecule has 35 heavy (non-hydrogen) atoms. The van der Waals surface area contributed by atoms with Crippen molar-refractivity contribution in [2.45, 2.75) is 57.9 Å². The summed E-state index contributed by atoms with van der Waals surface area (Å²) >= 11 is 0.974. The molecule has 1 saturated heterocycles. The van der Waals surface area contributed by atoms with Gasteiger partial charge in [0.15, 0.2) is 10.8 Å². The fourth-order valence-electron chi connectivity index (χ4n) is 2.56. The largest absolute Gasteiger partial charge is 0.478 e. The van der Waals surface area contributed by atoms with E-state index in [1.54, 1.807) is 20.8 Å². The van der Waals surface area contributed by atoms with E-state index in [4.69, 9.17) is 14.7 Å². The summed E-state index contributed by atoms with van der Waals surface area (Å²) in [7, 11) is 0. The van der Waals surface area contributed by atoms with E-state index >= 15 is 0 Å². The Bertz CT molecular complexity index is 987. The third-order valence-corrected chi connectivity index (χ3v) is 5.16. The zero-order valence-corrected chi connectivity index (χ0v) is 20.8. The number of carbonyl (C=O) groups is 4. The van der Waals surface area contributed by atoms with Crippen molar-refractivity contribution in [3.05, 3.63) is 11.1 Å². The SMILES string of the molecule is CC(C)(C)OC(=O)Nc1nc(C(=NOC(C)(C)C(=O)O)C(=O)N[C@@H]2C(=O)N[C@H]2CNCCO)cs1. The number of aliphatic hydroxyl groups is 1. The van der Waals surface area contributed by atoms with E-state index in [1.165, 1.54) is 19.2 Å². The van der Waals surface area contributed by atoms with Gasteiger partial charge in [-0.05, 0) is 34.6 Å². The van der Waals surface area contributed by atoms with Gasteiger partial charge in [0.05, 0.1) is 12.6 Å².